The van der Waals surface area contributed by atoms with E-state index in [-0.39, 0.29) is 5.41 Å². The number of aldehydes is 1. The summed E-state index contributed by atoms with van der Waals surface area (Å²) in [6.45, 7) is 2.13. The monoisotopic (exact) mass is 179 g/mol. The van der Waals surface area contributed by atoms with E-state index in [9.17, 15) is 4.79 Å². The van der Waals surface area contributed by atoms with Gasteiger partial charge in [-0.1, -0.05) is 31.9 Å². The lowest BCUT2D eigenvalue weighted by molar-refractivity contribution is -0.114. The van der Waals surface area contributed by atoms with Crippen LogP contribution in [0.1, 0.15) is 32.6 Å². The highest BCUT2D eigenvalue weighted by atomic mass is 16.1. The largest absolute Gasteiger partial charge is 0.402 e. The average Bonchev–Trinajstić information content (AvgIpc) is 2.15. The van der Waals surface area contributed by atoms with Crippen molar-refractivity contribution in [2.45, 2.75) is 32.6 Å². The molecule has 0 radical (unpaired) electrons. The number of unbranched alkanes of at least 4 members (excludes halogenated alkanes) is 1. The maximum Gasteiger partial charge on any atom is 0.130 e. The predicted molar refractivity (Wildman–Crippen MR) is 54.0 cm³/mol. The third kappa shape index (κ3) is 2.44. The molecule has 0 fully saturated rings. The first-order chi connectivity index (χ1) is 6.22. The normalized spacial score (nSPS) is 27.0. The van der Waals surface area contributed by atoms with E-state index in [0.717, 1.165) is 31.2 Å². The number of allylic oxidation sites excluding steroid dienone is 4. The van der Waals surface area contributed by atoms with E-state index in [4.69, 9.17) is 5.73 Å². The van der Waals surface area contributed by atoms with Crippen molar-refractivity contribution in [2.75, 3.05) is 0 Å². The van der Waals surface area contributed by atoms with Gasteiger partial charge >= 0.3 is 0 Å². The van der Waals surface area contributed by atoms with Crippen molar-refractivity contribution in [2.24, 2.45) is 11.1 Å². The van der Waals surface area contributed by atoms with Crippen LogP contribution >= 0.6 is 0 Å². The minimum absolute atomic E-state index is 0.311. The van der Waals surface area contributed by atoms with Crippen LogP contribution in [0, 0.1) is 5.41 Å². The summed E-state index contributed by atoms with van der Waals surface area (Å²) < 4.78 is 0. The Morgan fingerprint density at radius 2 is 2.46 bits per heavy atom. The van der Waals surface area contributed by atoms with E-state index in [1.165, 1.54) is 0 Å². The number of carbonyl (C=O) groups excluding carboxylic acids is 1. The van der Waals surface area contributed by atoms with E-state index >= 15 is 0 Å². The van der Waals surface area contributed by atoms with Crippen LogP contribution in [0.25, 0.3) is 0 Å². The molecule has 0 aromatic rings. The molecule has 2 heteroatoms. The zero-order valence-corrected chi connectivity index (χ0v) is 8.12. The molecule has 13 heavy (non-hydrogen) atoms. The van der Waals surface area contributed by atoms with E-state index in [0.29, 0.717) is 6.42 Å². The van der Waals surface area contributed by atoms with Gasteiger partial charge in [0.2, 0.25) is 0 Å². The van der Waals surface area contributed by atoms with Gasteiger partial charge in [0.05, 0.1) is 0 Å². The Balaban J connectivity index is 2.66. The highest BCUT2D eigenvalue weighted by molar-refractivity contribution is 5.64. The fourth-order valence-electron chi connectivity index (χ4n) is 1.68. The van der Waals surface area contributed by atoms with Gasteiger partial charge in [-0.3, -0.25) is 0 Å². The molecular weight excluding hydrogens is 162 g/mol. The maximum absolute atomic E-state index is 11.0. The smallest absolute Gasteiger partial charge is 0.130 e. The van der Waals surface area contributed by atoms with Crippen molar-refractivity contribution in [3.8, 4) is 0 Å². The van der Waals surface area contributed by atoms with Crippen LogP contribution in [-0.2, 0) is 4.79 Å². The summed E-state index contributed by atoms with van der Waals surface area (Å²) in [6.07, 6.45) is 10.6. The minimum Gasteiger partial charge on any atom is -0.402 e. The molecule has 2 N–H and O–H groups in total. The standard InChI is InChI=1S/C11H17NO/c1-2-3-6-11(9-13)7-4-5-10(12)8-11/h4-5,7,9H,2-3,6,8,12H2,1H3. The molecule has 1 atom stereocenters. The van der Waals surface area contributed by atoms with Crippen molar-refractivity contribution in [3.05, 3.63) is 23.9 Å². The third-order valence-corrected chi connectivity index (χ3v) is 2.50. The molecule has 0 heterocycles. The zero-order valence-electron chi connectivity index (χ0n) is 8.12. The van der Waals surface area contributed by atoms with Crippen LogP contribution in [0.2, 0.25) is 0 Å². The van der Waals surface area contributed by atoms with Crippen LogP contribution in [0.4, 0.5) is 0 Å². The lowest BCUT2D eigenvalue weighted by atomic mass is 9.78. The molecule has 0 aromatic heterocycles. The Bertz CT molecular complexity index is 242. The summed E-state index contributed by atoms with van der Waals surface area (Å²) in [5, 5.41) is 0. The molecule has 1 aliphatic carbocycles. The van der Waals surface area contributed by atoms with Crippen molar-refractivity contribution < 1.29 is 4.79 Å². The van der Waals surface area contributed by atoms with Gasteiger partial charge in [-0.25, -0.2) is 0 Å². The minimum atomic E-state index is -0.311. The second-order valence-electron chi connectivity index (χ2n) is 3.73. The second kappa shape index (κ2) is 4.26. The molecule has 72 valence electrons. The zero-order chi connectivity index (χ0) is 9.73. The van der Waals surface area contributed by atoms with Crippen molar-refractivity contribution in [1.29, 1.82) is 0 Å². The Morgan fingerprint density at radius 3 is 3.00 bits per heavy atom. The van der Waals surface area contributed by atoms with E-state index in [1.807, 2.05) is 18.2 Å². The van der Waals surface area contributed by atoms with Crippen LogP contribution in [0.5, 0.6) is 0 Å². The fourth-order valence-corrected chi connectivity index (χ4v) is 1.68. The quantitative estimate of drug-likeness (QED) is 0.672. The molecule has 2 nitrogen and oxygen atoms in total. The molecule has 0 bridgehead atoms. The molecule has 0 aliphatic heterocycles. The van der Waals surface area contributed by atoms with Crippen LogP contribution < -0.4 is 5.73 Å². The Hall–Kier alpha value is -1.05. The van der Waals surface area contributed by atoms with Gasteiger partial charge in [0.15, 0.2) is 0 Å². The van der Waals surface area contributed by atoms with Gasteiger partial charge < -0.3 is 10.5 Å². The molecule has 0 spiro atoms. The molecule has 1 unspecified atom stereocenters. The van der Waals surface area contributed by atoms with Crippen molar-refractivity contribution in [1.82, 2.24) is 0 Å². The van der Waals surface area contributed by atoms with Gasteiger partial charge in [0.1, 0.15) is 6.29 Å². The van der Waals surface area contributed by atoms with Crippen LogP contribution in [0.3, 0.4) is 0 Å². The SMILES string of the molecule is CCCCC1(C=O)C=CC=C(N)C1. The molecular formula is C11H17NO. The average molecular weight is 179 g/mol. The second-order valence-corrected chi connectivity index (χ2v) is 3.73. The summed E-state index contributed by atoms with van der Waals surface area (Å²) in [5.74, 6) is 0. The lowest BCUT2D eigenvalue weighted by Crippen LogP contribution is -2.24. The Labute approximate surface area is 79.5 Å². The molecule has 0 amide bonds. The number of hydrogen-bond donors (Lipinski definition) is 1. The summed E-state index contributed by atoms with van der Waals surface area (Å²) in [5.41, 5.74) is 6.21. The topological polar surface area (TPSA) is 43.1 Å². The van der Waals surface area contributed by atoms with Gasteiger partial charge in [0, 0.05) is 17.5 Å². The highest BCUT2D eigenvalue weighted by Gasteiger charge is 2.27. The van der Waals surface area contributed by atoms with E-state index < -0.39 is 0 Å². The van der Waals surface area contributed by atoms with Crippen molar-refractivity contribution >= 4 is 6.29 Å². The fraction of sp³-hybridized carbons (Fsp3) is 0.545. The summed E-state index contributed by atoms with van der Waals surface area (Å²) in [7, 11) is 0. The number of rotatable bonds is 4. The number of nitrogens with two attached hydrogens (primary N) is 1. The highest BCUT2D eigenvalue weighted by Crippen LogP contribution is 2.32. The molecule has 1 aliphatic rings. The molecule has 0 aromatic carbocycles. The van der Waals surface area contributed by atoms with Crippen LogP contribution in [-0.4, -0.2) is 6.29 Å². The van der Waals surface area contributed by atoms with Gasteiger partial charge in [-0.2, -0.15) is 0 Å². The number of hydrogen-bond acceptors (Lipinski definition) is 2. The first kappa shape index (κ1) is 10.0. The molecule has 0 saturated carbocycles. The summed E-state index contributed by atoms with van der Waals surface area (Å²) in [4.78, 5) is 11.0. The van der Waals surface area contributed by atoms with E-state index in [1.54, 1.807) is 0 Å². The van der Waals surface area contributed by atoms with Crippen molar-refractivity contribution in [3.63, 3.8) is 0 Å². The number of carbonyl (C=O) groups is 1. The summed E-state index contributed by atoms with van der Waals surface area (Å²) >= 11 is 0. The summed E-state index contributed by atoms with van der Waals surface area (Å²) in [6, 6.07) is 0. The lowest BCUT2D eigenvalue weighted by Gasteiger charge is -2.26. The third-order valence-electron chi connectivity index (χ3n) is 2.50. The van der Waals surface area contributed by atoms with Gasteiger partial charge in [-0.05, 0) is 12.5 Å². The Morgan fingerprint density at radius 1 is 1.69 bits per heavy atom. The Kier molecular flexibility index (Phi) is 3.29. The van der Waals surface area contributed by atoms with E-state index in [2.05, 4.69) is 6.92 Å². The van der Waals surface area contributed by atoms with Crippen LogP contribution in [0.15, 0.2) is 23.9 Å². The molecule has 1 rings (SSSR count). The molecule has 0 saturated heterocycles. The first-order valence-corrected chi connectivity index (χ1v) is 4.82. The maximum atomic E-state index is 11.0. The van der Waals surface area contributed by atoms with Gasteiger partial charge in [0.25, 0.3) is 0 Å². The van der Waals surface area contributed by atoms with Gasteiger partial charge in [-0.15, -0.1) is 0 Å². The predicted octanol–water partition coefficient (Wildman–Crippen LogP) is 2.16. The first-order valence-electron chi connectivity index (χ1n) is 4.82.